The van der Waals surface area contributed by atoms with Crippen LogP contribution in [0.1, 0.15) is 18.4 Å². The predicted molar refractivity (Wildman–Crippen MR) is 78.6 cm³/mol. The highest BCUT2D eigenvalue weighted by Gasteiger charge is 2.41. The number of piperidine rings is 1. The Balaban J connectivity index is 1.86. The topological polar surface area (TPSA) is 74.7 Å². The van der Waals surface area contributed by atoms with Crippen molar-refractivity contribution in [1.29, 1.82) is 0 Å². The second-order valence-electron chi connectivity index (χ2n) is 5.38. The monoisotopic (exact) mass is 293 g/mol. The third-order valence-electron chi connectivity index (χ3n) is 3.76. The number of carbonyl (C=O) groups is 1. The van der Waals surface area contributed by atoms with Gasteiger partial charge in [0.05, 0.1) is 6.61 Å². The molecule has 1 atom stereocenters. The first-order valence-electron chi connectivity index (χ1n) is 7.26. The molecular formula is C15H23N3O3. The standard InChI is InChI=1S/C15H23N3O3/c1-21-10-9-18-8-2-5-15(20,14(18)19)12-17-11-13-3-6-16-7-4-13/h3-4,6-7,17,20H,2,5,8-12H2,1H3/t15-/m1/s1. The van der Waals surface area contributed by atoms with Crippen LogP contribution in [0.15, 0.2) is 24.5 Å². The number of aromatic nitrogens is 1. The minimum atomic E-state index is -1.31. The van der Waals surface area contributed by atoms with Crippen LogP contribution in [0, 0.1) is 0 Å². The van der Waals surface area contributed by atoms with E-state index in [9.17, 15) is 9.90 Å². The molecule has 0 bridgehead atoms. The van der Waals surface area contributed by atoms with E-state index in [0.717, 1.165) is 12.0 Å². The van der Waals surface area contributed by atoms with Gasteiger partial charge < -0.3 is 20.1 Å². The van der Waals surface area contributed by atoms with Gasteiger partial charge in [0.15, 0.2) is 5.60 Å². The third-order valence-corrected chi connectivity index (χ3v) is 3.76. The number of methoxy groups -OCH3 is 1. The van der Waals surface area contributed by atoms with Crippen LogP contribution in [0.4, 0.5) is 0 Å². The van der Waals surface area contributed by atoms with Crippen molar-refractivity contribution in [2.45, 2.75) is 25.0 Å². The van der Waals surface area contributed by atoms with Crippen LogP contribution in [0.2, 0.25) is 0 Å². The van der Waals surface area contributed by atoms with Gasteiger partial charge in [-0.25, -0.2) is 0 Å². The summed E-state index contributed by atoms with van der Waals surface area (Å²) in [4.78, 5) is 18.0. The fraction of sp³-hybridized carbons (Fsp3) is 0.600. The number of aliphatic hydroxyl groups is 1. The summed E-state index contributed by atoms with van der Waals surface area (Å²) in [5.41, 5.74) is -0.230. The molecule has 21 heavy (non-hydrogen) atoms. The van der Waals surface area contributed by atoms with E-state index in [1.807, 2.05) is 12.1 Å². The third kappa shape index (κ3) is 4.23. The highest BCUT2D eigenvalue weighted by molar-refractivity contribution is 5.86. The van der Waals surface area contributed by atoms with Gasteiger partial charge in [-0.1, -0.05) is 0 Å². The van der Waals surface area contributed by atoms with Crippen LogP contribution in [0.3, 0.4) is 0 Å². The zero-order valence-corrected chi connectivity index (χ0v) is 12.4. The normalized spacial score (nSPS) is 22.6. The maximum atomic E-state index is 12.4. The molecule has 6 nitrogen and oxygen atoms in total. The number of rotatable bonds is 7. The van der Waals surface area contributed by atoms with Crippen LogP contribution in [0.25, 0.3) is 0 Å². The van der Waals surface area contributed by atoms with Gasteiger partial charge in [0.1, 0.15) is 0 Å². The number of amides is 1. The Morgan fingerprint density at radius 3 is 2.95 bits per heavy atom. The number of hydrogen-bond acceptors (Lipinski definition) is 5. The van der Waals surface area contributed by atoms with Gasteiger partial charge in [-0.3, -0.25) is 9.78 Å². The Kier molecular flexibility index (Phi) is 5.67. The van der Waals surface area contributed by atoms with Gasteiger partial charge in [0, 0.05) is 45.7 Å². The SMILES string of the molecule is COCCN1CCC[C@@](O)(CNCc2ccncc2)C1=O. The number of carbonyl (C=O) groups excluding carboxylic acids is 1. The minimum Gasteiger partial charge on any atom is -0.383 e. The van der Waals surface area contributed by atoms with Crippen LogP contribution < -0.4 is 5.32 Å². The van der Waals surface area contributed by atoms with E-state index >= 15 is 0 Å². The van der Waals surface area contributed by atoms with Crippen molar-refractivity contribution in [3.05, 3.63) is 30.1 Å². The number of hydrogen-bond donors (Lipinski definition) is 2. The summed E-state index contributed by atoms with van der Waals surface area (Å²) >= 11 is 0. The van der Waals surface area contributed by atoms with Gasteiger partial charge in [-0.2, -0.15) is 0 Å². The second kappa shape index (κ2) is 7.49. The fourth-order valence-corrected chi connectivity index (χ4v) is 2.56. The summed E-state index contributed by atoms with van der Waals surface area (Å²) in [6, 6.07) is 3.81. The van der Waals surface area contributed by atoms with E-state index in [-0.39, 0.29) is 12.5 Å². The molecule has 1 aliphatic heterocycles. The van der Waals surface area contributed by atoms with Crippen LogP contribution in [-0.2, 0) is 16.1 Å². The van der Waals surface area contributed by atoms with Crippen molar-refractivity contribution in [2.75, 3.05) is 33.4 Å². The number of nitrogens with one attached hydrogen (secondary N) is 1. The molecular weight excluding hydrogens is 270 g/mol. The largest absolute Gasteiger partial charge is 0.383 e. The zero-order chi connectivity index (χ0) is 15.1. The first kappa shape index (κ1) is 15.9. The van der Waals surface area contributed by atoms with Gasteiger partial charge in [0.25, 0.3) is 5.91 Å². The van der Waals surface area contributed by atoms with Crippen molar-refractivity contribution in [2.24, 2.45) is 0 Å². The average molecular weight is 293 g/mol. The van der Waals surface area contributed by atoms with Crippen molar-refractivity contribution >= 4 is 5.91 Å². The smallest absolute Gasteiger partial charge is 0.255 e. The molecule has 1 fully saturated rings. The van der Waals surface area contributed by atoms with Crippen LogP contribution >= 0.6 is 0 Å². The molecule has 1 saturated heterocycles. The summed E-state index contributed by atoms with van der Waals surface area (Å²) in [5.74, 6) is -0.201. The summed E-state index contributed by atoms with van der Waals surface area (Å²) in [7, 11) is 1.61. The van der Waals surface area contributed by atoms with Gasteiger partial charge in [-0.05, 0) is 30.5 Å². The van der Waals surface area contributed by atoms with E-state index in [1.165, 1.54) is 0 Å². The van der Waals surface area contributed by atoms with Gasteiger partial charge >= 0.3 is 0 Å². The molecule has 6 heteroatoms. The molecule has 1 aromatic rings. The molecule has 116 valence electrons. The zero-order valence-electron chi connectivity index (χ0n) is 12.4. The quantitative estimate of drug-likeness (QED) is 0.750. The lowest BCUT2D eigenvalue weighted by Crippen LogP contribution is -2.58. The van der Waals surface area contributed by atoms with Crippen molar-refractivity contribution < 1.29 is 14.6 Å². The Bertz CT molecular complexity index is 455. The van der Waals surface area contributed by atoms with E-state index in [2.05, 4.69) is 10.3 Å². The molecule has 0 aromatic carbocycles. The summed E-state index contributed by atoms with van der Waals surface area (Å²) in [6.45, 7) is 2.58. The van der Waals surface area contributed by atoms with E-state index < -0.39 is 5.60 Å². The van der Waals surface area contributed by atoms with Crippen molar-refractivity contribution in [1.82, 2.24) is 15.2 Å². The summed E-state index contributed by atoms with van der Waals surface area (Å²) < 4.78 is 5.00. The molecule has 2 N–H and O–H groups in total. The van der Waals surface area contributed by atoms with E-state index in [0.29, 0.717) is 32.7 Å². The predicted octanol–water partition coefficient (Wildman–Crippen LogP) is 0.171. The number of nitrogens with zero attached hydrogens (tertiary/aromatic N) is 2. The lowest BCUT2D eigenvalue weighted by Gasteiger charge is -2.38. The lowest BCUT2D eigenvalue weighted by molar-refractivity contribution is -0.157. The molecule has 2 rings (SSSR count). The number of ether oxygens (including phenoxy) is 1. The number of pyridine rings is 1. The van der Waals surface area contributed by atoms with E-state index in [4.69, 9.17) is 4.74 Å². The molecule has 2 heterocycles. The maximum absolute atomic E-state index is 12.4. The highest BCUT2D eigenvalue weighted by atomic mass is 16.5. The average Bonchev–Trinajstić information content (AvgIpc) is 2.50. The molecule has 0 spiro atoms. The Labute approximate surface area is 125 Å². The number of likely N-dealkylation sites (tertiary alicyclic amines) is 1. The van der Waals surface area contributed by atoms with Crippen LogP contribution in [-0.4, -0.2) is 59.8 Å². The molecule has 0 radical (unpaired) electrons. The summed E-state index contributed by atoms with van der Waals surface area (Å²) in [6.07, 6.45) is 4.76. The van der Waals surface area contributed by atoms with Crippen molar-refractivity contribution in [3.63, 3.8) is 0 Å². The molecule has 1 amide bonds. The van der Waals surface area contributed by atoms with Crippen LogP contribution in [0.5, 0.6) is 0 Å². The summed E-state index contributed by atoms with van der Waals surface area (Å²) in [5, 5.41) is 13.7. The Morgan fingerprint density at radius 1 is 1.48 bits per heavy atom. The molecule has 1 aromatic heterocycles. The maximum Gasteiger partial charge on any atom is 0.255 e. The van der Waals surface area contributed by atoms with Gasteiger partial charge in [0.2, 0.25) is 0 Å². The Morgan fingerprint density at radius 2 is 2.24 bits per heavy atom. The molecule has 0 aliphatic carbocycles. The molecule has 1 aliphatic rings. The van der Waals surface area contributed by atoms with Gasteiger partial charge in [-0.15, -0.1) is 0 Å². The van der Waals surface area contributed by atoms with E-state index in [1.54, 1.807) is 24.4 Å². The van der Waals surface area contributed by atoms with Crippen molar-refractivity contribution in [3.8, 4) is 0 Å². The Hall–Kier alpha value is -1.50. The molecule has 0 unspecified atom stereocenters. The second-order valence-corrected chi connectivity index (χ2v) is 5.38. The first-order chi connectivity index (χ1) is 10.2. The lowest BCUT2D eigenvalue weighted by atomic mass is 9.91. The highest BCUT2D eigenvalue weighted by Crippen LogP contribution is 2.22. The first-order valence-corrected chi connectivity index (χ1v) is 7.26. The molecule has 0 saturated carbocycles. The minimum absolute atomic E-state index is 0.201. The fourth-order valence-electron chi connectivity index (χ4n) is 2.56.